The fraction of sp³-hybridized carbons (Fsp3) is 0.320. The maximum atomic E-state index is 14.3. The van der Waals surface area contributed by atoms with Crippen molar-refractivity contribution in [3.63, 3.8) is 0 Å². The van der Waals surface area contributed by atoms with Crippen molar-refractivity contribution in [1.82, 2.24) is 18.7 Å². The van der Waals surface area contributed by atoms with Crippen molar-refractivity contribution < 1.29 is 4.39 Å². The van der Waals surface area contributed by atoms with E-state index >= 15 is 0 Å². The lowest BCUT2D eigenvalue weighted by atomic mass is 10.0. The summed E-state index contributed by atoms with van der Waals surface area (Å²) in [5.74, 6) is 0.168. The minimum Gasteiger partial charge on any atom is -0.324 e. The number of halogens is 1. The Balaban J connectivity index is 2.00. The van der Waals surface area contributed by atoms with Crippen LogP contribution in [0.25, 0.3) is 16.9 Å². The van der Waals surface area contributed by atoms with Gasteiger partial charge in [0.2, 0.25) is 0 Å². The number of imidazole rings is 1. The summed E-state index contributed by atoms with van der Waals surface area (Å²) in [4.78, 5) is 31.4. The summed E-state index contributed by atoms with van der Waals surface area (Å²) in [6, 6.07) is 13.8. The molecule has 0 saturated carbocycles. The predicted octanol–water partition coefficient (Wildman–Crippen LogP) is 4.32. The van der Waals surface area contributed by atoms with Gasteiger partial charge in [0.25, 0.3) is 5.56 Å². The molecule has 0 atom stereocenters. The molecule has 4 aromatic rings. The van der Waals surface area contributed by atoms with Gasteiger partial charge in [0, 0.05) is 12.1 Å². The minimum absolute atomic E-state index is 0.156. The van der Waals surface area contributed by atoms with Gasteiger partial charge in [-0.25, -0.2) is 18.7 Å². The van der Waals surface area contributed by atoms with E-state index in [2.05, 4.69) is 18.8 Å². The highest BCUT2D eigenvalue weighted by Crippen LogP contribution is 2.19. The van der Waals surface area contributed by atoms with E-state index in [1.165, 1.54) is 10.6 Å². The van der Waals surface area contributed by atoms with Crippen molar-refractivity contribution in [2.45, 2.75) is 46.7 Å². The van der Waals surface area contributed by atoms with Crippen LogP contribution in [0.4, 0.5) is 4.39 Å². The molecule has 6 nitrogen and oxygen atoms in total. The Morgan fingerprint density at radius 1 is 0.969 bits per heavy atom. The van der Waals surface area contributed by atoms with Crippen molar-refractivity contribution in [2.24, 2.45) is 5.92 Å². The van der Waals surface area contributed by atoms with Gasteiger partial charge in [0.1, 0.15) is 5.82 Å². The van der Waals surface area contributed by atoms with E-state index in [1.807, 2.05) is 38.1 Å². The molecule has 0 bridgehead atoms. The highest BCUT2D eigenvalue weighted by molar-refractivity contribution is 5.72. The second-order valence-electron chi connectivity index (χ2n) is 8.81. The Kier molecular flexibility index (Phi) is 5.82. The van der Waals surface area contributed by atoms with Crippen LogP contribution in [0, 0.1) is 11.7 Å². The molecule has 0 fully saturated rings. The molecule has 2 aromatic carbocycles. The number of hydrogen-bond donors (Lipinski definition) is 0. The first-order valence-corrected chi connectivity index (χ1v) is 10.8. The SMILES string of the molecule is CC(C)Cn1cnc2c1c(=O)n(Cc1ccccc1F)c(=O)n2-c1ccc(C(C)C)cc1. The summed E-state index contributed by atoms with van der Waals surface area (Å²) >= 11 is 0. The number of fused-ring (bicyclic) bond motifs is 1. The van der Waals surface area contributed by atoms with Crippen molar-refractivity contribution in [2.75, 3.05) is 0 Å². The highest BCUT2D eigenvalue weighted by atomic mass is 19.1. The third-order valence-corrected chi connectivity index (χ3v) is 5.57. The third kappa shape index (κ3) is 3.90. The van der Waals surface area contributed by atoms with E-state index < -0.39 is 17.1 Å². The van der Waals surface area contributed by atoms with Crippen LogP contribution in [-0.4, -0.2) is 18.7 Å². The summed E-state index contributed by atoms with van der Waals surface area (Å²) in [5.41, 5.74) is 1.66. The summed E-state index contributed by atoms with van der Waals surface area (Å²) in [5, 5.41) is 0. The Hall–Kier alpha value is -3.48. The van der Waals surface area contributed by atoms with Crippen LogP contribution in [0.1, 0.15) is 44.7 Å². The van der Waals surface area contributed by atoms with Gasteiger partial charge < -0.3 is 4.57 Å². The van der Waals surface area contributed by atoms with Crippen LogP contribution in [-0.2, 0) is 13.1 Å². The smallest absolute Gasteiger partial charge is 0.324 e. The second-order valence-corrected chi connectivity index (χ2v) is 8.81. The number of benzene rings is 2. The Bertz CT molecular complexity index is 1380. The number of rotatable bonds is 6. The second kappa shape index (κ2) is 8.57. The quantitative estimate of drug-likeness (QED) is 0.454. The first-order valence-electron chi connectivity index (χ1n) is 10.8. The van der Waals surface area contributed by atoms with E-state index in [4.69, 9.17) is 0 Å². The van der Waals surface area contributed by atoms with E-state index in [1.54, 1.807) is 29.1 Å². The summed E-state index contributed by atoms with van der Waals surface area (Å²) < 4.78 is 18.7. The standard InChI is InChI=1S/C25H27FN4O2/c1-16(2)13-28-15-27-23-22(28)24(31)29(14-19-7-5-6-8-21(19)26)25(32)30(23)20-11-9-18(10-12-20)17(3)4/h5-12,15-17H,13-14H2,1-4H3. The first-order chi connectivity index (χ1) is 15.3. The summed E-state index contributed by atoms with van der Waals surface area (Å²) in [7, 11) is 0. The lowest BCUT2D eigenvalue weighted by molar-refractivity contribution is 0.529. The molecule has 0 N–H and O–H groups in total. The molecule has 2 aromatic heterocycles. The van der Waals surface area contributed by atoms with Gasteiger partial charge in [0.15, 0.2) is 11.2 Å². The summed E-state index contributed by atoms with van der Waals surface area (Å²) in [6.45, 7) is 8.71. The molecule has 2 heterocycles. The molecule has 0 spiro atoms. The van der Waals surface area contributed by atoms with Gasteiger partial charge in [-0.15, -0.1) is 0 Å². The molecule has 4 rings (SSSR count). The topological polar surface area (TPSA) is 61.8 Å². The predicted molar refractivity (Wildman–Crippen MR) is 124 cm³/mol. The zero-order valence-corrected chi connectivity index (χ0v) is 18.7. The molecular weight excluding hydrogens is 407 g/mol. The van der Waals surface area contributed by atoms with Crippen molar-refractivity contribution in [1.29, 1.82) is 0 Å². The van der Waals surface area contributed by atoms with Crippen molar-refractivity contribution in [3.8, 4) is 5.69 Å². The first kappa shape index (κ1) is 21.7. The molecule has 7 heteroatoms. The average Bonchev–Trinajstić information content (AvgIpc) is 3.15. The van der Waals surface area contributed by atoms with Crippen LogP contribution in [0.5, 0.6) is 0 Å². The molecular formula is C25H27FN4O2. The van der Waals surface area contributed by atoms with Gasteiger partial charge in [-0.1, -0.05) is 58.0 Å². The maximum Gasteiger partial charge on any atom is 0.337 e. The fourth-order valence-electron chi connectivity index (χ4n) is 3.89. The van der Waals surface area contributed by atoms with Crippen LogP contribution in [0.3, 0.4) is 0 Å². The van der Waals surface area contributed by atoms with E-state index in [9.17, 15) is 14.0 Å². The molecule has 166 valence electrons. The molecule has 0 aliphatic carbocycles. The van der Waals surface area contributed by atoms with Gasteiger partial charge in [-0.05, 0) is 35.6 Å². The molecule has 0 aliphatic heterocycles. The maximum absolute atomic E-state index is 14.3. The summed E-state index contributed by atoms with van der Waals surface area (Å²) in [6.07, 6.45) is 1.60. The third-order valence-electron chi connectivity index (χ3n) is 5.57. The Morgan fingerprint density at radius 2 is 1.66 bits per heavy atom. The average molecular weight is 435 g/mol. The lowest BCUT2D eigenvalue weighted by Gasteiger charge is -2.14. The van der Waals surface area contributed by atoms with Crippen molar-refractivity contribution in [3.05, 3.63) is 92.6 Å². The Morgan fingerprint density at radius 3 is 2.28 bits per heavy atom. The fourth-order valence-corrected chi connectivity index (χ4v) is 3.89. The van der Waals surface area contributed by atoms with Crippen LogP contribution in [0.15, 0.2) is 64.4 Å². The molecule has 32 heavy (non-hydrogen) atoms. The molecule has 0 unspecified atom stereocenters. The largest absolute Gasteiger partial charge is 0.337 e. The number of aromatic nitrogens is 4. The van der Waals surface area contributed by atoms with Crippen LogP contribution >= 0.6 is 0 Å². The number of nitrogens with zero attached hydrogens (tertiary/aromatic N) is 4. The van der Waals surface area contributed by atoms with Gasteiger partial charge >= 0.3 is 5.69 Å². The zero-order chi connectivity index (χ0) is 23.0. The minimum atomic E-state index is -0.544. The zero-order valence-electron chi connectivity index (χ0n) is 18.7. The van der Waals surface area contributed by atoms with Gasteiger partial charge in [-0.2, -0.15) is 0 Å². The Labute approximate surface area is 185 Å². The van der Waals surface area contributed by atoms with Crippen LogP contribution in [0.2, 0.25) is 0 Å². The molecule has 0 aliphatic rings. The molecule has 0 amide bonds. The monoisotopic (exact) mass is 434 g/mol. The van der Waals surface area contributed by atoms with Crippen molar-refractivity contribution >= 4 is 11.2 Å². The molecule has 0 radical (unpaired) electrons. The highest BCUT2D eigenvalue weighted by Gasteiger charge is 2.20. The van der Waals surface area contributed by atoms with E-state index in [0.717, 1.165) is 10.1 Å². The van der Waals surface area contributed by atoms with E-state index in [0.29, 0.717) is 29.3 Å². The van der Waals surface area contributed by atoms with E-state index in [-0.39, 0.29) is 18.0 Å². The normalized spacial score (nSPS) is 11.7. The van der Waals surface area contributed by atoms with Gasteiger partial charge in [0.05, 0.1) is 18.6 Å². The number of hydrogen-bond acceptors (Lipinski definition) is 3. The lowest BCUT2D eigenvalue weighted by Crippen LogP contribution is -2.40. The van der Waals surface area contributed by atoms with Gasteiger partial charge in [-0.3, -0.25) is 9.36 Å². The molecule has 0 saturated heterocycles. The van der Waals surface area contributed by atoms with Crippen LogP contribution < -0.4 is 11.2 Å².